The number of hydrogen-bond donors (Lipinski definition) is 1. The van der Waals surface area contributed by atoms with Crippen molar-refractivity contribution in [3.8, 4) is 0 Å². The normalized spacial score (nSPS) is 11.7. The molecule has 0 spiro atoms. The molecule has 15 heavy (non-hydrogen) atoms. The topological polar surface area (TPSA) is 54.4 Å². The highest BCUT2D eigenvalue weighted by molar-refractivity contribution is 7.90. The number of rotatable bonds is 4. The van der Waals surface area contributed by atoms with Gasteiger partial charge < -0.3 is 5.11 Å². The molecule has 0 aliphatic heterocycles. The van der Waals surface area contributed by atoms with E-state index in [4.69, 9.17) is 5.11 Å². The third-order valence-electron chi connectivity index (χ3n) is 2.28. The number of aliphatic hydroxyl groups is 1. The molecule has 1 rings (SSSR count). The third kappa shape index (κ3) is 3.32. The van der Waals surface area contributed by atoms with Crippen LogP contribution in [0.15, 0.2) is 23.1 Å². The van der Waals surface area contributed by atoms with Gasteiger partial charge in [0.2, 0.25) is 0 Å². The van der Waals surface area contributed by atoms with Crippen LogP contribution in [0.3, 0.4) is 0 Å². The van der Waals surface area contributed by atoms with Gasteiger partial charge in [-0.3, -0.25) is 0 Å². The Morgan fingerprint density at radius 3 is 2.53 bits per heavy atom. The Balaban J connectivity index is 3.06. The van der Waals surface area contributed by atoms with Crippen LogP contribution < -0.4 is 0 Å². The molecular weight excluding hydrogens is 212 g/mol. The van der Waals surface area contributed by atoms with Crippen molar-refractivity contribution in [1.29, 1.82) is 0 Å². The molecule has 3 nitrogen and oxygen atoms in total. The summed E-state index contributed by atoms with van der Waals surface area (Å²) in [6.45, 7) is 1.91. The van der Waals surface area contributed by atoms with Crippen molar-refractivity contribution in [1.82, 2.24) is 0 Å². The van der Waals surface area contributed by atoms with E-state index < -0.39 is 9.84 Å². The maximum absolute atomic E-state index is 11.4. The van der Waals surface area contributed by atoms with Gasteiger partial charge in [-0.05, 0) is 37.0 Å². The Kier molecular flexibility index (Phi) is 3.88. The van der Waals surface area contributed by atoms with E-state index in [9.17, 15) is 8.42 Å². The zero-order chi connectivity index (χ0) is 11.5. The molecule has 4 heteroatoms. The summed E-state index contributed by atoms with van der Waals surface area (Å²) in [4.78, 5) is 0.387. The van der Waals surface area contributed by atoms with Crippen LogP contribution in [0, 0.1) is 6.92 Å². The first kappa shape index (κ1) is 12.2. The Hall–Kier alpha value is -0.870. The maximum atomic E-state index is 11.4. The summed E-state index contributed by atoms with van der Waals surface area (Å²) in [5, 5.41) is 8.69. The molecule has 0 aliphatic rings. The summed E-state index contributed by atoms with van der Waals surface area (Å²) in [5.74, 6) is 0. The molecule has 0 saturated carbocycles. The van der Waals surface area contributed by atoms with Crippen molar-refractivity contribution in [3.63, 3.8) is 0 Å². The molecule has 0 aromatic heterocycles. The van der Waals surface area contributed by atoms with Crippen LogP contribution in [-0.2, 0) is 16.3 Å². The first-order chi connectivity index (χ1) is 6.95. The van der Waals surface area contributed by atoms with E-state index in [1.807, 2.05) is 12.1 Å². The smallest absolute Gasteiger partial charge is 0.175 e. The first-order valence-electron chi connectivity index (χ1n) is 4.85. The van der Waals surface area contributed by atoms with Crippen LogP contribution >= 0.6 is 0 Å². The van der Waals surface area contributed by atoms with E-state index in [0.29, 0.717) is 17.7 Å². The fourth-order valence-electron chi connectivity index (χ4n) is 1.48. The zero-order valence-corrected chi connectivity index (χ0v) is 9.84. The number of sulfone groups is 1. The molecule has 0 bridgehead atoms. The van der Waals surface area contributed by atoms with E-state index in [0.717, 1.165) is 11.1 Å². The molecule has 1 N–H and O–H groups in total. The summed E-state index contributed by atoms with van der Waals surface area (Å²) in [7, 11) is -3.14. The fraction of sp³-hybridized carbons (Fsp3) is 0.455. The quantitative estimate of drug-likeness (QED) is 0.845. The number of aryl methyl sites for hydroxylation is 2. The van der Waals surface area contributed by atoms with Gasteiger partial charge in [0, 0.05) is 12.9 Å². The first-order valence-corrected chi connectivity index (χ1v) is 6.74. The molecular formula is C11H16O3S. The molecule has 0 heterocycles. The lowest BCUT2D eigenvalue weighted by Gasteiger charge is -2.06. The van der Waals surface area contributed by atoms with Gasteiger partial charge >= 0.3 is 0 Å². The molecule has 0 aliphatic carbocycles. The van der Waals surface area contributed by atoms with Gasteiger partial charge in [-0.25, -0.2) is 8.42 Å². The standard InChI is InChI=1S/C11H16O3S/c1-9-5-6-10(4-3-7-12)8-11(9)15(2,13)14/h5-6,8,12H,3-4,7H2,1-2H3. The van der Waals surface area contributed by atoms with Gasteiger partial charge in [0.05, 0.1) is 4.90 Å². The number of benzene rings is 1. The van der Waals surface area contributed by atoms with Crippen molar-refractivity contribution >= 4 is 9.84 Å². The lowest BCUT2D eigenvalue weighted by molar-refractivity contribution is 0.288. The average molecular weight is 228 g/mol. The Morgan fingerprint density at radius 1 is 1.33 bits per heavy atom. The monoisotopic (exact) mass is 228 g/mol. The lowest BCUT2D eigenvalue weighted by atomic mass is 10.1. The van der Waals surface area contributed by atoms with Crippen LogP contribution in [0.2, 0.25) is 0 Å². The number of hydrogen-bond acceptors (Lipinski definition) is 3. The second-order valence-electron chi connectivity index (χ2n) is 3.70. The van der Waals surface area contributed by atoms with Crippen LogP contribution in [-0.4, -0.2) is 26.4 Å². The van der Waals surface area contributed by atoms with Crippen LogP contribution in [0.4, 0.5) is 0 Å². The highest BCUT2D eigenvalue weighted by Crippen LogP contribution is 2.17. The molecule has 0 atom stereocenters. The molecule has 0 fully saturated rings. The fourth-order valence-corrected chi connectivity index (χ4v) is 2.50. The van der Waals surface area contributed by atoms with E-state index in [1.165, 1.54) is 6.26 Å². The summed E-state index contributed by atoms with van der Waals surface area (Å²) in [6, 6.07) is 5.41. The predicted octanol–water partition coefficient (Wildman–Crippen LogP) is 1.32. The summed E-state index contributed by atoms with van der Waals surface area (Å²) in [5.41, 5.74) is 1.72. The maximum Gasteiger partial charge on any atom is 0.175 e. The molecule has 1 aromatic rings. The van der Waals surface area contributed by atoms with Gasteiger partial charge in [0.25, 0.3) is 0 Å². The third-order valence-corrected chi connectivity index (χ3v) is 3.51. The van der Waals surface area contributed by atoms with E-state index in [1.54, 1.807) is 13.0 Å². The molecule has 84 valence electrons. The molecule has 1 aromatic carbocycles. The minimum Gasteiger partial charge on any atom is -0.396 e. The largest absolute Gasteiger partial charge is 0.396 e. The minimum atomic E-state index is -3.14. The van der Waals surface area contributed by atoms with Crippen molar-refractivity contribution in [2.75, 3.05) is 12.9 Å². The van der Waals surface area contributed by atoms with Crippen LogP contribution in [0.25, 0.3) is 0 Å². The Morgan fingerprint density at radius 2 is 2.00 bits per heavy atom. The molecule has 0 amide bonds. The van der Waals surface area contributed by atoms with Crippen molar-refractivity contribution in [3.05, 3.63) is 29.3 Å². The van der Waals surface area contributed by atoms with Crippen LogP contribution in [0.1, 0.15) is 17.5 Å². The Labute approximate surface area is 90.7 Å². The molecule has 0 radical (unpaired) electrons. The van der Waals surface area contributed by atoms with E-state index >= 15 is 0 Å². The summed E-state index contributed by atoms with van der Waals surface area (Å²) >= 11 is 0. The molecule has 0 unspecified atom stereocenters. The highest BCUT2D eigenvalue weighted by Gasteiger charge is 2.10. The van der Waals surface area contributed by atoms with Gasteiger partial charge in [-0.15, -0.1) is 0 Å². The van der Waals surface area contributed by atoms with Gasteiger partial charge in [-0.1, -0.05) is 12.1 Å². The van der Waals surface area contributed by atoms with Crippen molar-refractivity contribution < 1.29 is 13.5 Å². The molecule has 0 saturated heterocycles. The zero-order valence-electron chi connectivity index (χ0n) is 9.03. The Bertz CT molecular complexity index is 435. The predicted molar refractivity (Wildman–Crippen MR) is 59.7 cm³/mol. The van der Waals surface area contributed by atoms with Crippen molar-refractivity contribution in [2.24, 2.45) is 0 Å². The minimum absolute atomic E-state index is 0.127. The van der Waals surface area contributed by atoms with Gasteiger partial charge in [0.1, 0.15) is 0 Å². The van der Waals surface area contributed by atoms with Crippen molar-refractivity contribution in [2.45, 2.75) is 24.7 Å². The SMILES string of the molecule is Cc1ccc(CCCO)cc1S(C)(=O)=O. The second-order valence-corrected chi connectivity index (χ2v) is 5.68. The second kappa shape index (κ2) is 4.77. The summed E-state index contributed by atoms with van der Waals surface area (Å²) in [6.07, 6.45) is 2.58. The average Bonchev–Trinajstić information content (AvgIpc) is 2.15. The van der Waals surface area contributed by atoms with E-state index in [2.05, 4.69) is 0 Å². The number of aliphatic hydroxyl groups excluding tert-OH is 1. The van der Waals surface area contributed by atoms with Crippen LogP contribution in [0.5, 0.6) is 0 Å². The van der Waals surface area contributed by atoms with E-state index in [-0.39, 0.29) is 6.61 Å². The summed E-state index contributed by atoms with van der Waals surface area (Å²) < 4.78 is 22.9. The highest BCUT2D eigenvalue weighted by atomic mass is 32.2. The van der Waals surface area contributed by atoms with Gasteiger partial charge in [0.15, 0.2) is 9.84 Å². The lowest BCUT2D eigenvalue weighted by Crippen LogP contribution is -2.01. The van der Waals surface area contributed by atoms with Gasteiger partial charge in [-0.2, -0.15) is 0 Å².